The third kappa shape index (κ3) is 6.63. The fraction of sp³-hybridized carbons (Fsp3) is 0.462. The Morgan fingerprint density at radius 3 is 2.47 bits per heavy atom. The number of ether oxygens (including phenoxy) is 1. The second-order valence-corrected chi connectivity index (χ2v) is 8.66. The highest BCUT2D eigenvalue weighted by Gasteiger charge is 2.24. The zero-order valence-electron chi connectivity index (χ0n) is 20.1. The van der Waals surface area contributed by atoms with Gasteiger partial charge in [-0.2, -0.15) is 0 Å². The van der Waals surface area contributed by atoms with E-state index in [0.29, 0.717) is 13.0 Å². The van der Waals surface area contributed by atoms with Crippen LogP contribution in [0.4, 0.5) is 5.69 Å². The molecule has 0 aromatic heterocycles. The van der Waals surface area contributed by atoms with Crippen molar-refractivity contribution < 1.29 is 9.53 Å². The van der Waals surface area contributed by atoms with Crippen LogP contribution in [0.3, 0.4) is 0 Å². The molecule has 2 fully saturated rings. The smallest absolute Gasteiger partial charge is 0.227 e. The van der Waals surface area contributed by atoms with Gasteiger partial charge < -0.3 is 20.3 Å². The monoisotopic (exact) mass is 577 g/mol. The lowest BCUT2D eigenvalue weighted by molar-refractivity contribution is -0.117. The van der Waals surface area contributed by atoms with Gasteiger partial charge in [0, 0.05) is 38.8 Å². The van der Waals surface area contributed by atoms with Crippen molar-refractivity contribution in [1.82, 2.24) is 15.5 Å². The number of methoxy groups -OCH3 is 1. The van der Waals surface area contributed by atoms with Crippen molar-refractivity contribution in [2.75, 3.05) is 45.2 Å². The highest BCUT2D eigenvalue weighted by atomic mass is 127. The number of carbonyl (C=O) groups excluding carboxylic acids is 1. The first-order chi connectivity index (χ1) is 16.2. The predicted octanol–water partition coefficient (Wildman–Crippen LogP) is 3.94. The Morgan fingerprint density at radius 2 is 1.82 bits per heavy atom. The summed E-state index contributed by atoms with van der Waals surface area (Å²) in [5.41, 5.74) is 3.39. The zero-order chi connectivity index (χ0) is 23.0. The van der Waals surface area contributed by atoms with Gasteiger partial charge in [-0.3, -0.25) is 14.7 Å². The number of guanidine groups is 1. The van der Waals surface area contributed by atoms with Crippen LogP contribution in [0.15, 0.2) is 53.5 Å². The van der Waals surface area contributed by atoms with Crippen molar-refractivity contribution in [3.8, 4) is 5.75 Å². The number of nitrogens with zero attached hydrogens (tertiary/aromatic N) is 3. The maximum absolute atomic E-state index is 12.0. The molecule has 184 valence electrons. The number of halogens is 1. The molecule has 1 amide bonds. The SMILES string of the molecule is CN=C(NCc1ccc(N2CCCC2=O)cc1)NCC(c1cccc(OC)c1)N1CCCC1.I. The summed E-state index contributed by atoms with van der Waals surface area (Å²) >= 11 is 0. The van der Waals surface area contributed by atoms with Gasteiger partial charge >= 0.3 is 0 Å². The molecule has 2 heterocycles. The Labute approximate surface area is 220 Å². The Bertz CT molecular complexity index is 960. The minimum atomic E-state index is 0. The summed E-state index contributed by atoms with van der Waals surface area (Å²) in [5.74, 6) is 1.88. The summed E-state index contributed by atoms with van der Waals surface area (Å²) in [6, 6.07) is 16.8. The third-order valence-electron chi connectivity index (χ3n) is 6.53. The summed E-state index contributed by atoms with van der Waals surface area (Å²) in [6.45, 7) is 4.48. The number of anilines is 1. The normalized spacial score (nSPS) is 17.4. The number of aliphatic imine (C=N–C) groups is 1. The largest absolute Gasteiger partial charge is 0.497 e. The van der Waals surface area contributed by atoms with Crippen LogP contribution in [0, 0.1) is 0 Å². The summed E-state index contributed by atoms with van der Waals surface area (Å²) in [5, 5.41) is 6.94. The number of benzene rings is 2. The highest BCUT2D eigenvalue weighted by Crippen LogP contribution is 2.27. The molecule has 0 radical (unpaired) electrons. The van der Waals surface area contributed by atoms with Gasteiger partial charge in [-0.05, 0) is 67.7 Å². The molecule has 0 spiro atoms. The lowest BCUT2D eigenvalue weighted by atomic mass is 10.1. The number of carbonyl (C=O) groups is 1. The average Bonchev–Trinajstić information content (AvgIpc) is 3.54. The molecule has 7 nitrogen and oxygen atoms in total. The van der Waals surface area contributed by atoms with E-state index < -0.39 is 0 Å². The van der Waals surface area contributed by atoms with Crippen molar-refractivity contribution in [2.24, 2.45) is 4.99 Å². The molecular formula is C26H36IN5O2. The first-order valence-corrected chi connectivity index (χ1v) is 11.9. The molecule has 4 rings (SSSR count). The van der Waals surface area contributed by atoms with Crippen molar-refractivity contribution >= 4 is 41.5 Å². The number of rotatable bonds is 8. The Kier molecular flexibility index (Phi) is 10.0. The van der Waals surface area contributed by atoms with Crippen LogP contribution in [0.2, 0.25) is 0 Å². The fourth-order valence-corrected chi connectivity index (χ4v) is 4.67. The van der Waals surface area contributed by atoms with Crippen molar-refractivity contribution in [1.29, 1.82) is 0 Å². The third-order valence-corrected chi connectivity index (χ3v) is 6.53. The van der Waals surface area contributed by atoms with Gasteiger partial charge in [0.05, 0.1) is 13.2 Å². The molecule has 2 aromatic rings. The lowest BCUT2D eigenvalue weighted by Crippen LogP contribution is -2.42. The summed E-state index contributed by atoms with van der Waals surface area (Å²) < 4.78 is 5.45. The first kappa shape index (κ1) is 26.3. The van der Waals surface area contributed by atoms with Crippen molar-refractivity contribution in [2.45, 2.75) is 38.3 Å². The molecule has 1 unspecified atom stereocenters. The molecule has 0 aliphatic carbocycles. The van der Waals surface area contributed by atoms with E-state index in [-0.39, 0.29) is 35.9 Å². The van der Waals surface area contributed by atoms with E-state index >= 15 is 0 Å². The number of amides is 1. The minimum Gasteiger partial charge on any atom is -0.497 e. The quantitative estimate of drug-likeness (QED) is 0.283. The Morgan fingerprint density at radius 1 is 1.06 bits per heavy atom. The number of hydrogen-bond acceptors (Lipinski definition) is 4. The number of likely N-dealkylation sites (tertiary alicyclic amines) is 1. The molecular weight excluding hydrogens is 541 g/mol. The van der Waals surface area contributed by atoms with Crippen molar-refractivity contribution in [3.05, 3.63) is 59.7 Å². The van der Waals surface area contributed by atoms with Crippen LogP contribution >= 0.6 is 24.0 Å². The molecule has 34 heavy (non-hydrogen) atoms. The minimum absolute atomic E-state index is 0. The van der Waals surface area contributed by atoms with Crippen LogP contribution in [-0.2, 0) is 11.3 Å². The average molecular weight is 578 g/mol. The van der Waals surface area contributed by atoms with Crippen LogP contribution < -0.4 is 20.3 Å². The van der Waals surface area contributed by atoms with Crippen LogP contribution in [0.1, 0.15) is 42.9 Å². The van der Waals surface area contributed by atoms with Crippen LogP contribution in [0.25, 0.3) is 0 Å². The molecule has 0 bridgehead atoms. The van der Waals surface area contributed by atoms with Gasteiger partial charge in [-0.1, -0.05) is 24.3 Å². The predicted molar refractivity (Wildman–Crippen MR) is 148 cm³/mol. The molecule has 8 heteroatoms. The molecule has 2 aliphatic heterocycles. The highest BCUT2D eigenvalue weighted by molar-refractivity contribution is 14.0. The van der Waals surface area contributed by atoms with Crippen LogP contribution in [0.5, 0.6) is 5.75 Å². The van der Waals surface area contributed by atoms with Gasteiger partial charge in [0.25, 0.3) is 0 Å². The molecule has 0 saturated carbocycles. The molecule has 1 atom stereocenters. The van der Waals surface area contributed by atoms with Gasteiger partial charge in [-0.15, -0.1) is 24.0 Å². The lowest BCUT2D eigenvalue weighted by Gasteiger charge is -2.29. The number of hydrogen-bond donors (Lipinski definition) is 2. The number of nitrogens with one attached hydrogen (secondary N) is 2. The van der Waals surface area contributed by atoms with E-state index in [1.165, 1.54) is 18.4 Å². The Balaban J connectivity index is 0.00000324. The maximum atomic E-state index is 12.0. The summed E-state index contributed by atoms with van der Waals surface area (Å²) in [7, 11) is 3.51. The van der Waals surface area contributed by atoms with Gasteiger partial charge in [0.1, 0.15) is 5.75 Å². The summed E-state index contributed by atoms with van der Waals surface area (Å²) in [6.07, 6.45) is 4.08. The molecule has 2 N–H and O–H groups in total. The Hall–Kier alpha value is -2.33. The van der Waals surface area contributed by atoms with Gasteiger partial charge in [0.15, 0.2) is 5.96 Å². The van der Waals surface area contributed by atoms with Gasteiger partial charge in [-0.25, -0.2) is 0 Å². The topological polar surface area (TPSA) is 69.2 Å². The van der Waals surface area contributed by atoms with Crippen molar-refractivity contribution in [3.63, 3.8) is 0 Å². The fourth-order valence-electron chi connectivity index (χ4n) is 4.67. The summed E-state index contributed by atoms with van der Waals surface area (Å²) in [4.78, 5) is 20.8. The van der Waals surface area contributed by atoms with E-state index in [4.69, 9.17) is 4.74 Å². The van der Waals surface area contributed by atoms with E-state index in [2.05, 4.69) is 50.9 Å². The molecule has 2 saturated heterocycles. The molecule has 2 aliphatic rings. The first-order valence-electron chi connectivity index (χ1n) is 11.9. The molecule has 2 aromatic carbocycles. The van der Waals surface area contributed by atoms with Crippen LogP contribution in [-0.4, -0.2) is 57.1 Å². The standard InChI is InChI=1S/C26H35N5O2.HI/c1-27-26(28-18-20-10-12-22(13-11-20)31-16-6-9-25(31)32)29-19-24(30-14-3-4-15-30)21-7-5-8-23(17-21)33-2;/h5,7-8,10-13,17,24H,3-4,6,9,14-16,18-19H2,1-2H3,(H2,27,28,29);1H. The zero-order valence-corrected chi connectivity index (χ0v) is 22.5. The second kappa shape index (κ2) is 12.9. The van der Waals surface area contributed by atoms with E-state index in [9.17, 15) is 4.79 Å². The van der Waals surface area contributed by atoms with E-state index in [1.807, 2.05) is 23.1 Å². The van der Waals surface area contributed by atoms with E-state index in [0.717, 1.165) is 55.6 Å². The second-order valence-electron chi connectivity index (χ2n) is 8.66. The maximum Gasteiger partial charge on any atom is 0.227 e. The van der Waals surface area contributed by atoms with E-state index in [1.54, 1.807) is 14.2 Å². The van der Waals surface area contributed by atoms with Gasteiger partial charge in [0.2, 0.25) is 5.91 Å².